The van der Waals surface area contributed by atoms with Crippen LogP contribution in [0.2, 0.25) is 0 Å². The SMILES string of the molecule is O=C(CNC(=O)c1ccc2c(c1)OCO2)N/N=C\c1cc(Br)ccc1OC(=O)/C=C/c1ccco1. The van der Waals surface area contributed by atoms with Crippen molar-refractivity contribution in [2.75, 3.05) is 13.3 Å². The molecule has 0 aliphatic carbocycles. The molecule has 11 heteroatoms. The number of carbonyl (C=O) groups excluding carboxylic acids is 3. The summed E-state index contributed by atoms with van der Waals surface area (Å²) in [6.45, 7) is -0.204. The molecule has 0 spiro atoms. The summed E-state index contributed by atoms with van der Waals surface area (Å²) in [5, 5.41) is 6.38. The Bertz CT molecular complexity index is 1300. The van der Waals surface area contributed by atoms with E-state index in [2.05, 4.69) is 31.8 Å². The Kier molecular flexibility index (Phi) is 7.58. The summed E-state index contributed by atoms with van der Waals surface area (Å²) in [5.74, 6) is 0.142. The zero-order chi connectivity index (χ0) is 24.6. The van der Waals surface area contributed by atoms with Crippen LogP contribution in [-0.2, 0) is 9.59 Å². The standard InChI is InChI=1S/C24H18BrN3O7/c25-17-4-7-19(35-23(30)8-5-18-2-1-9-32-18)16(10-17)12-27-28-22(29)13-26-24(31)15-3-6-20-21(11-15)34-14-33-20/h1-12H,13-14H2,(H,26,31)(H,28,29)/b8-5+,27-12-. The Morgan fingerprint density at radius 2 is 1.94 bits per heavy atom. The Morgan fingerprint density at radius 3 is 2.77 bits per heavy atom. The Labute approximate surface area is 207 Å². The number of nitrogens with one attached hydrogen (secondary N) is 2. The van der Waals surface area contributed by atoms with Gasteiger partial charge in [-0.05, 0) is 54.6 Å². The van der Waals surface area contributed by atoms with Gasteiger partial charge in [0.05, 0.1) is 19.0 Å². The molecule has 35 heavy (non-hydrogen) atoms. The van der Waals surface area contributed by atoms with Crippen molar-refractivity contribution in [1.29, 1.82) is 0 Å². The number of amides is 2. The van der Waals surface area contributed by atoms with E-state index in [1.807, 2.05) is 0 Å². The van der Waals surface area contributed by atoms with E-state index >= 15 is 0 Å². The summed E-state index contributed by atoms with van der Waals surface area (Å²) in [4.78, 5) is 36.5. The van der Waals surface area contributed by atoms with Gasteiger partial charge in [-0.25, -0.2) is 10.2 Å². The monoisotopic (exact) mass is 539 g/mol. The van der Waals surface area contributed by atoms with Crippen molar-refractivity contribution >= 4 is 46.0 Å². The molecule has 10 nitrogen and oxygen atoms in total. The highest BCUT2D eigenvalue weighted by atomic mass is 79.9. The van der Waals surface area contributed by atoms with E-state index in [1.54, 1.807) is 42.5 Å². The van der Waals surface area contributed by atoms with Crippen LogP contribution in [0, 0.1) is 0 Å². The molecule has 0 unspecified atom stereocenters. The molecule has 0 radical (unpaired) electrons. The number of benzene rings is 2. The summed E-state index contributed by atoms with van der Waals surface area (Å²) in [6.07, 6.45) is 5.52. The minimum Gasteiger partial charge on any atom is -0.465 e. The molecule has 0 bridgehead atoms. The van der Waals surface area contributed by atoms with Crippen molar-refractivity contribution in [3.05, 3.63) is 82.2 Å². The zero-order valence-electron chi connectivity index (χ0n) is 18.0. The van der Waals surface area contributed by atoms with Gasteiger partial charge in [0.1, 0.15) is 11.5 Å². The second-order valence-corrected chi connectivity index (χ2v) is 7.91. The lowest BCUT2D eigenvalue weighted by atomic mass is 10.2. The van der Waals surface area contributed by atoms with Gasteiger partial charge < -0.3 is 23.9 Å². The third-order valence-corrected chi connectivity index (χ3v) is 5.04. The second-order valence-electron chi connectivity index (χ2n) is 7.00. The number of nitrogens with zero attached hydrogens (tertiary/aromatic N) is 1. The van der Waals surface area contributed by atoms with Crippen LogP contribution in [0.3, 0.4) is 0 Å². The largest absolute Gasteiger partial charge is 0.465 e. The topological polar surface area (TPSA) is 128 Å². The Hall–Kier alpha value is -4.38. The number of hydrogen-bond acceptors (Lipinski definition) is 8. The first kappa shape index (κ1) is 23.8. The van der Waals surface area contributed by atoms with E-state index in [1.165, 1.54) is 30.7 Å². The van der Waals surface area contributed by atoms with Gasteiger partial charge in [-0.1, -0.05) is 15.9 Å². The molecule has 1 aromatic heterocycles. The fourth-order valence-electron chi connectivity index (χ4n) is 2.91. The van der Waals surface area contributed by atoms with Crippen LogP contribution in [0.5, 0.6) is 17.2 Å². The van der Waals surface area contributed by atoms with Crippen LogP contribution >= 0.6 is 15.9 Å². The number of ether oxygens (including phenoxy) is 3. The zero-order valence-corrected chi connectivity index (χ0v) is 19.6. The third-order valence-electron chi connectivity index (χ3n) is 4.55. The average Bonchev–Trinajstić information content (AvgIpc) is 3.54. The fraction of sp³-hybridized carbons (Fsp3) is 0.0833. The van der Waals surface area contributed by atoms with Crippen LogP contribution < -0.4 is 25.0 Å². The van der Waals surface area contributed by atoms with E-state index in [0.717, 1.165) is 0 Å². The molecule has 2 amide bonds. The van der Waals surface area contributed by atoms with Gasteiger partial charge in [0.15, 0.2) is 11.5 Å². The van der Waals surface area contributed by atoms with E-state index in [4.69, 9.17) is 18.6 Å². The van der Waals surface area contributed by atoms with Crippen LogP contribution in [0.1, 0.15) is 21.7 Å². The van der Waals surface area contributed by atoms with E-state index in [9.17, 15) is 14.4 Å². The summed E-state index contributed by atoms with van der Waals surface area (Å²) >= 11 is 3.34. The average molecular weight is 540 g/mol. The molecule has 0 atom stereocenters. The first-order chi connectivity index (χ1) is 17.0. The van der Waals surface area contributed by atoms with E-state index in [-0.39, 0.29) is 19.1 Å². The van der Waals surface area contributed by atoms with Crippen LogP contribution in [0.15, 0.2) is 74.9 Å². The smallest absolute Gasteiger partial charge is 0.336 e. The Balaban J connectivity index is 1.30. The molecule has 1 aliphatic rings. The quantitative estimate of drug-likeness (QED) is 0.148. The van der Waals surface area contributed by atoms with Gasteiger partial charge >= 0.3 is 5.97 Å². The molecule has 0 saturated carbocycles. The molecule has 178 valence electrons. The van der Waals surface area contributed by atoms with Gasteiger partial charge in [-0.2, -0.15) is 5.10 Å². The minimum absolute atomic E-state index is 0.0986. The second kappa shape index (κ2) is 11.2. The van der Waals surface area contributed by atoms with Gasteiger partial charge in [-0.3, -0.25) is 9.59 Å². The first-order valence-electron chi connectivity index (χ1n) is 10.2. The van der Waals surface area contributed by atoms with Gasteiger partial charge in [0.2, 0.25) is 6.79 Å². The van der Waals surface area contributed by atoms with Crippen molar-refractivity contribution in [2.45, 2.75) is 0 Å². The predicted molar refractivity (Wildman–Crippen MR) is 128 cm³/mol. The molecule has 4 rings (SSSR count). The molecular formula is C24H18BrN3O7. The van der Waals surface area contributed by atoms with Gasteiger partial charge in [0.25, 0.3) is 11.8 Å². The molecule has 2 aromatic carbocycles. The highest BCUT2D eigenvalue weighted by molar-refractivity contribution is 9.10. The Morgan fingerprint density at radius 1 is 1.09 bits per heavy atom. The lowest BCUT2D eigenvalue weighted by molar-refractivity contribution is -0.129. The number of fused-ring (bicyclic) bond motifs is 1. The van der Waals surface area contributed by atoms with Crippen LogP contribution in [0.25, 0.3) is 6.08 Å². The van der Waals surface area contributed by atoms with E-state index < -0.39 is 17.8 Å². The van der Waals surface area contributed by atoms with Gasteiger partial charge in [0, 0.05) is 21.7 Å². The molecule has 3 aromatic rings. The number of carbonyl (C=O) groups is 3. The maximum atomic E-state index is 12.3. The maximum absolute atomic E-state index is 12.3. The molecular weight excluding hydrogens is 522 g/mol. The summed E-state index contributed by atoms with van der Waals surface area (Å²) in [5.41, 5.74) is 3.07. The molecule has 0 saturated heterocycles. The number of furan rings is 1. The van der Waals surface area contributed by atoms with E-state index in [0.29, 0.717) is 32.9 Å². The molecule has 2 heterocycles. The summed E-state index contributed by atoms with van der Waals surface area (Å²) in [6, 6.07) is 13.1. The first-order valence-corrected chi connectivity index (χ1v) is 11.0. The van der Waals surface area contributed by atoms with Gasteiger partial charge in [-0.15, -0.1) is 0 Å². The molecule has 1 aliphatic heterocycles. The number of esters is 1. The van der Waals surface area contributed by atoms with Crippen molar-refractivity contribution in [3.63, 3.8) is 0 Å². The molecule has 0 fully saturated rings. The van der Waals surface area contributed by atoms with Crippen molar-refractivity contribution in [1.82, 2.24) is 10.7 Å². The maximum Gasteiger partial charge on any atom is 0.336 e. The van der Waals surface area contributed by atoms with Crippen LogP contribution in [0.4, 0.5) is 0 Å². The minimum atomic E-state index is -0.617. The highest BCUT2D eigenvalue weighted by Crippen LogP contribution is 2.32. The lowest BCUT2D eigenvalue weighted by Gasteiger charge is -2.07. The normalized spacial score (nSPS) is 12.1. The number of halogens is 1. The number of hydrazone groups is 1. The predicted octanol–water partition coefficient (Wildman–Crippen LogP) is 3.27. The highest BCUT2D eigenvalue weighted by Gasteiger charge is 2.16. The lowest BCUT2D eigenvalue weighted by Crippen LogP contribution is -2.34. The number of rotatable bonds is 8. The van der Waals surface area contributed by atoms with Crippen molar-refractivity contribution in [2.24, 2.45) is 5.10 Å². The number of hydrogen-bond donors (Lipinski definition) is 2. The summed E-state index contributed by atoms with van der Waals surface area (Å²) < 4.78 is 21.6. The van der Waals surface area contributed by atoms with Crippen LogP contribution in [-0.4, -0.2) is 37.3 Å². The summed E-state index contributed by atoms with van der Waals surface area (Å²) in [7, 11) is 0. The third kappa shape index (κ3) is 6.58. The molecule has 2 N–H and O–H groups in total. The van der Waals surface area contributed by atoms with Crippen molar-refractivity contribution in [3.8, 4) is 17.2 Å². The van der Waals surface area contributed by atoms with Crippen molar-refractivity contribution < 1.29 is 33.0 Å². The fourth-order valence-corrected chi connectivity index (χ4v) is 3.28.